The Morgan fingerprint density at radius 2 is 2.10 bits per heavy atom. The minimum absolute atomic E-state index is 0.155. The highest BCUT2D eigenvalue weighted by Crippen LogP contribution is 2.19. The summed E-state index contributed by atoms with van der Waals surface area (Å²) in [5.74, 6) is -2.00. The molecule has 2 N–H and O–H groups in total. The molecule has 0 heterocycles. The van der Waals surface area contributed by atoms with E-state index in [2.05, 4.69) is 10.6 Å². The predicted octanol–water partition coefficient (Wildman–Crippen LogP) is 0.742. The fraction of sp³-hybridized carbons (Fsp3) is 0.333. The number of amides is 2. The van der Waals surface area contributed by atoms with Gasteiger partial charge in [-0.05, 0) is 25.0 Å². The van der Waals surface area contributed by atoms with Gasteiger partial charge in [-0.25, -0.2) is 4.39 Å². The van der Waals surface area contributed by atoms with E-state index >= 15 is 0 Å². The van der Waals surface area contributed by atoms with Crippen LogP contribution in [0.1, 0.15) is 23.2 Å². The Hall–Kier alpha value is -2.51. The van der Waals surface area contributed by atoms with Gasteiger partial charge in [-0.15, -0.1) is 0 Å². The van der Waals surface area contributed by atoms with Crippen molar-refractivity contribution in [1.29, 1.82) is 0 Å². The molecule has 106 valence electrons. The van der Waals surface area contributed by atoms with E-state index in [0.29, 0.717) is 0 Å². The zero-order valence-corrected chi connectivity index (χ0v) is 10.4. The third-order valence-corrected chi connectivity index (χ3v) is 2.75. The van der Waals surface area contributed by atoms with Crippen molar-refractivity contribution >= 4 is 17.5 Å². The summed E-state index contributed by atoms with van der Waals surface area (Å²) in [6.07, 6.45) is 1.82. The molecule has 1 aromatic rings. The summed E-state index contributed by atoms with van der Waals surface area (Å²) in [6, 6.07) is 2.73. The van der Waals surface area contributed by atoms with Crippen molar-refractivity contribution in [3.05, 3.63) is 39.7 Å². The van der Waals surface area contributed by atoms with Gasteiger partial charge in [0.05, 0.1) is 11.5 Å². The molecule has 0 aromatic heterocycles. The number of nitrogens with zero attached hydrogens (tertiary/aromatic N) is 1. The van der Waals surface area contributed by atoms with Crippen molar-refractivity contribution in [1.82, 2.24) is 10.6 Å². The first kappa shape index (κ1) is 13.9. The summed E-state index contributed by atoms with van der Waals surface area (Å²) in [6.45, 7) is -0.303. The van der Waals surface area contributed by atoms with Crippen LogP contribution in [0.15, 0.2) is 18.2 Å². The van der Waals surface area contributed by atoms with Gasteiger partial charge in [0.2, 0.25) is 5.91 Å². The van der Waals surface area contributed by atoms with Crippen LogP contribution in [0.4, 0.5) is 10.1 Å². The molecular weight excluding hydrogens is 269 g/mol. The highest BCUT2D eigenvalue weighted by Gasteiger charge is 2.24. The summed E-state index contributed by atoms with van der Waals surface area (Å²) >= 11 is 0. The monoisotopic (exact) mass is 281 g/mol. The van der Waals surface area contributed by atoms with Crippen molar-refractivity contribution in [3.8, 4) is 0 Å². The number of carbonyl (C=O) groups excluding carboxylic acids is 2. The number of nitro groups is 1. The molecule has 0 radical (unpaired) electrons. The average molecular weight is 281 g/mol. The lowest BCUT2D eigenvalue weighted by atomic mass is 10.1. The Labute approximate surface area is 113 Å². The molecule has 0 unspecified atom stereocenters. The van der Waals surface area contributed by atoms with E-state index < -0.39 is 27.9 Å². The normalized spacial score (nSPS) is 13.7. The first-order valence-corrected chi connectivity index (χ1v) is 5.99. The van der Waals surface area contributed by atoms with Gasteiger partial charge in [0.15, 0.2) is 0 Å². The SMILES string of the molecule is O=C(CNC(=O)c1cc(F)ccc1[N+](=O)[O-])NC1CC1. The smallest absolute Gasteiger partial charge is 0.282 e. The number of hydrogen-bond acceptors (Lipinski definition) is 4. The van der Waals surface area contributed by atoms with E-state index in [0.717, 1.165) is 31.0 Å². The Bertz CT molecular complexity index is 572. The van der Waals surface area contributed by atoms with Gasteiger partial charge in [0.1, 0.15) is 11.4 Å². The lowest BCUT2D eigenvalue weighted by Gasteiger charge is -2.06. The van der Waals surface area contributed by atoms with Crippen LogP contribution in [0.25, 0.3) is 0 Å². The third kappa shape index (κ3) is 3.50. The summed E-state index contributed by atoms with van der Waals surface area (Å²) in [7, 11) is 0. The van der Waals surface area contributed by atoms with E-state index in [-0.39, 0.29) is 18.5 Å². The maximum atomic E-state index is 13.1. The fourth-order valence-electron chi connectivity index (χ4n) is 1.61. The molecule has 0 bridgehead atoms. The Morgan fingerprint density at radius 1 is 1.40 bits per heavy atom. The van der Waals surface area contributed by atoms with Gasteiger partial charge in [-0.2, -0.15) is 0 Å². The largest absolute Gasteiger partial charge is 0.352 e. The molecule has 2 rings (SSSR count). The third-order valence-electron chi connectivity index (χ3n) is 2.75. The molecule has 1 fully saturated rings. The second-order valence-corrected chi connectivity index (χ2v) is 4.44. The number of rotatable bonds is 5. The van der Waals surface area contributed by atoms with Crippen LogP contribution in [-0.4, -0.2) is 29.3 Å². The minimum Gasteiger partial charge on any atom is -0.352 e. The number of hydrogen-bond donors (Lipinski definition) is 2. The topological polar surface area (TPSA) is 101 Å². The van der Waals surface area contributed by atoms with E-state index in [1.165, 1.54) is 0 Å². The summed E-state index contributed by atoms with van der Waals surface area (Å²) in [5, 5.41) is 15.6. The van der Waals surface area contributed by atoms with Crippen LogP contribution in [0.3, 0.4) is 0 Å². The molecule has 8 heteroatoms. The standard InChI is InChI=1S/C12H12FN3O4/c13-7-1-4-10(16(19)20)9(5-7)12(18)14-6-11(17)15-8-2-3-8/h1,4-5,8H,2-3,6H2,(H,14,18)(H,15,17). The first-order chi connectivity index (χ1) is 9.47. The Morgan fingerprint density at radius 3 is 2.70 bits per heavy atom. The van der Waals surface area contributed by atoms with Crippen molar-refractivity contribution in [3.63, 3.8) is 0 Å². The number of carbonyl (C=O) groups is 2. The van der Waals surface area contributed by atoms with E-state index in [1.54, 1.807) is 0 Å². The number of halogens is 1. The van der Waals surface area contributed by atoms with E-state index in [9.17, 15) is 24.1 Å². The van der Waals surface area contributed by atoms with E-state index in [1.807, 2.05) is 0 Å². The summed E-state index contributed by atoms with van der Waals surface area (Å²) in [5.41, 5.74) is -0.916. The molecule has 1 aliphatic carbocycles. The second kappa shape index (κ2) is 5.64. The number of nitro benzene ring substituents is 1. The molecule has 0 saturated heterocycles. The first-order valence-electron chi connectivity index (χ1n) is 5.99. The highest BCUT2D eigenvalue weighted by molar-refractivity contribution is 5.99. The van der Waals surface area contributed by atoms with Crippen LogP contribution >= 0.6 is 0 Å². The molecule has 0 aliphatic heterocycles. The molecule has 20 heavy (non-hydrogen) atoms. The van der Waals surface area contributed by atoms with Gasteiger partial charge >= 0.3 is 0 Å². The number of benzene rings is 1. The molecule has 7 nitrogen and oxygen atoms in total. The van der Waals surface area contributed by atoms with Crippen molar-refractivity contribution in [2.75, 3.05) is 6.54 Å². The minimum atomic E-state index is -0.859. The molecular formula is C12H12FN3O4. The molecule has 1 aliphatic rings. The maximum Gasteiger partial charge on any atom is 0.282 e. The van der Waals surface area contributed by atoms with Gasteiger partial charge < -0.3 is 10.6 Å². The van der Waals surface area contributed by atoms with Crippen molar-refractivity contribution < 1.29 is 18.9 Å². The molecule has 1 aromatic carbocycles. The van der Waals surface area contributed by atoms with Gasteiger partial charge in [0.25, 0.3) is 11.6 Å². The van der Waals surface area contributed by atoms with Crippen LogP contribution in [0, 0.1) is 15.9 Å². The zero-order valence-electron chi connectivity index (χ0n) is 10.4. The lowest BCUT2D eigenvalue weighted by Crippen LogP contribution is -2.38. The molecule has 0 spiro atoms. The van der Waals surface area contributed by atoms with Crippen LogP contribution in [-0.2, 0) is 4.79 Å². The Balaban J connectivity index is 2.02. The quantitative estimate of drug-likeness (QED) is 0.614. The summed E-state index contributed by atoms with van der Waals surface area (Å²) < 4.78 is 13.1. The summed E-state index contributed by atoms with van der Waals surface area (Å²) in [4.78, 5) is 33.1. The van der Waals surface area contributed by atoms with Crippen molar-refractivity contribution in [2.24, 2.45) is 0 Å². The van der Waals surface area contributed by atoms with Crippen LogP contribution < -0.4 is 10.6 Å². The fourth-order valence-corrected chi connectivity index (χ4v) is 1.61. The zero-order chi connectivity index (χ0) is 14.7. The molecule has 1 saturated carbocycles. The van der Waals surface area contributed by atoms with Gasteiger partial charge in [-0.3, -0.25) is 19.7 Å². The highest BCUT2D eigenvalue weighted by atomic mass is 19.1. The van der Waals surface area contributed by atoms with Crippen molar-refractivity contribution in [2.45, 2.75) is 18.9 Å². The molecule has 0 atom stereocenters. The second-order valence-electron chi connectivity index (χ2n) is 4.44. The Kier molecular flexibility index (Phi) is 3.92. The van der Waals surface area contributed by atoms with Gasteiger partial charge in [-0.1, -0.05) is 0 Å². The predicted molar refractivity (Wildman–Crippen MR) is 66.6 cm³/mol. The number of nitrogens with one attached hydrogen (secondary N) is 2. The van der Waals surface area contributed by atoms with E-state index in [4.69, 9.17) is 0 Å². The van der Waals surface area contributed by atoms with Crippen LogP contribution in [0.2, 0.25) is 0 Å². The molecule has 2 amide bonds. The van der Waals surface area contributed by atoms with Crippen LogP contribution in [0.5, 0.6) is 0 Å². The maximum absolute atomic E-state index is 13.1. The average Bonchev–Trinajstić information content (AvgIpc) is 3.19. The lowest BCUT2D eigenvalue weighted by molar-refractivity contribution is -0.385. The van der Waals surface area contributed by atoms with Gasteiger partial charge in [0, 0.05) is 12.1 Å².